The minimum absolute atomic E-state index is 0. The van der Waals surface area contributed by atoms with Gasteiger partial charge in [-0.25, -0.2) is 4.98 Å². The van der Waals surface area contributed by atoms with Gasteiger partial charge in [-0.2, -0.15) is 0 Å². The summed E-state index contributed by atoms with van der Waals surface area (Å²) in [6.07, 6.45) is 1.70. The zero-order valence-electron chi connectivity index (χ0n) is 16.4. The first kappa shape index (κ1) is 20.7. The monoisotopic (exact) mass is 385 g/mol. The number of rotatable bonds is 5. The molecular formula is C17H20N3NaO4S. The zero-order chi connectivity index (χ0) is 18.1. The van der Waals surface area contributed by atoms with E-state index in [1.54, 1.807) is 25.4 Å². The van der Waals surface area contributed by atoms with Gasteiger partial charge in [-0.1, -0.05) is 0 Å². The van der Waals surface area contributed by atoms with Crippen molar-refractivity contribution in [3.8, 4) is 17.2 Å². The fraction of sp³-hybridized carbons (Fsp3) is 0.294. The molecule has 3 aromatic rings. The minimum Gasteiger partial charge on any atom is -1.00 e. The van der Waals surface area contributed by atoms with E-state index in [0.29, 0.717) is 22.5 Å². The van der Waals surface area contributed by atoms with Gasteiger partial charge in [0.25, 0.3) is 0 Å². The standard InChI is InChI=1S/C17H19N3O4S.Na.H/c1-9-7-18-12(10(2)16(9)24-4)8-25(22)17-19-11-5-6-13(23-3)15(21)14(11)20-17;;/h5-7,21H,8H2,1-4H3,(H,19,20);;/q;+1;-1. The summed E-state index contributed by atoms with van der Waals surface area (Å²) in [4.78, 5) is 11.6. The molecule has 2 aromatic heterocycles. The van der Waals surface area contributed by atoms with Crippen molar-refractivity contribution in [1.82, 2.24) is 15.0 Å². The Morgan fingerprint density at radius 3 is 2.65 bits per heavy atom. The van der Waals surface area contributed by atoms with Crippen LogP contribution in [0.1, 0.15) is 18.2 Å². The molecule has 1 aromatic carbocycles. The van der Waals surface area contributed by atoms with Gasteiger partial charge in [-0.3, -0.25) is 9.19 Å². The number of aromatic amines is 1. The van der Waals surface area contributed by atoms with Crippen molar-refractivity contribution in [1.29, 1.82) is 0 Å². The summed E-state index contributed by atoms with van der Waals surface area (Å²) in [5.41, 5.74) is 3.39. The third kappa shape index (κ3) is 3.73. The number of ether oxygens (including phenoxy) is 2. The summed E-state index contributed by atoms with van der Waals surface area (Å²) in [5.74, 6) is 1.18. The number of H-pyrrole nitrogens is 1. The fourth-order valence-electron chi connectivity index (χ4n) is 2.70. The molecular weight excluding hydrogens is 365 g/mol. The number of aromatic nitrogens is 3. The summed E-state index contributed by atoms with van der Waals surface area (Å²) < 4.78 is 23.2. The molecule has 1 unspecified atom stereocenters. The van der Waals surface area contributed by atoms with Crippen molar-refractivity contribution < 1.29 is 49.8 Å². The molecule has 3 rings (SSSR count). The maximum absolute atomic E-state index is 12.7. The van der Waals surface area contributed by atoms with Crippen LogP contribution in [0.25, 0.3) is 11.0 Å². The SMILES string of the molecule is COc1ccc2[nH]c(S(=O)Cc3ncc(C)c(OC)c3C)nc2c1O.[H-].[Na+]. The number of phenolic OH excluding ortho intramolecular Hbond substituents is 1. The number of fused-ring (bicyclic) bond motifs is 1. The van der Waals surface area contributed by atoms with Crippen molar-refractivity contribution in [3.63, 3.8) is 0 Å². The first-order valence-corrected chi connectivity index (χ1v) is 8.91. The average Bonchev–Trinajstić information content (AvgIpc) is 3.03. The number of nitrogens with one attached hydrogen (secondary N) is 1. The molecule has 0 amide bonds. The summed E-state index contributed by atoms with van der Waals surface area (Å²) in [6.45, 7) is 3.80. The molecule has 0 bridgehead atoms. The Morgan fingerprint density at radius 2 is 2.00 bits per heavy atom. The van der Waals surface area contributed by atoms with Gasteiger partial charge in [0.1, 0.15) is 11.3 Å². The van der Waals surface area contributed by atoms with Gasteiger partial charge >= 0.3 is 29.6 Å². The van der Waals surface area contributed by atoms with Gasteiger partial charge < -0.3 is 21.0 Å². The number of phenols is 1. The van der Waals surface area contributed by atoms with Crippen LogP contribution in [0.15, 0.2) is 23.5 Å². The third-order valence-corrected chi connectivity index (χ3v) is 5.18. The van der Waals surface area contributed by atoms with Gasteiger partial charge in [0, 0.05) is 17.3 Å². The van der Waals surface area contributed by atoms with E-state index in [2.05, 4.69) is 15.0 Å². The van der Waals surface area contributed by atoms with Gasteiger partial charge in [0.2, 0.25) is 0 Å². The maximum Gasteiger partial charge on any atom is 1.00 e. The Bertz CT molecular complexity index is 980. The van der Waals surface area contributed by atoms with Gasteiger partial charge in [-0.15, -0.1) is 0 Å². The van der Waals surface area contributed by atoms with Crippen LogP contribution in [-0.4, -0.2) is 38.5 Å². The minimum atomic E-state index is -1.45. The van der Waals surface area contributed by atoms with Crippen molar-refractivity contribution in [3.05, 3.63) is 35.2 Å². The molecule has 0 aliphatic rings. The van der Waals surface area contributed by atoms with Crippen LogP contribution >= 0.6 is 0 Å². The predicted octanol–water partition coefficient (Wildman–Crippen LogP) is -0.278. The Balaban J connectivity index is 0.00000182. The Labute approximate surface area is 177 Å². The van der Waals surface area contributed by atoms with E-state index in [1.165, 1.54) is 7.11 Å². The molecule has 9 heteroatoms. The Hall–Kier alpha value is -1.61. The molecule has 0 saturated carbocycles. The van der Waals surface area contributed by atoms with Crippen LogP contribution in [0.4, 0.5) is 0 Å². The van der Waals surface area contributed by atoms with Gasteiger partial charge in [-0.05, 0) is 26.0 Å². The van der Waals surface area contributed by atoms with E-state index in [4.69, 9.17) is 9.47 Å². The average molecular weight is 385 g/mol. The molecule has 0 aliphatic carbocycles. The molecule has 0 saturated heterocycles. The molecule has 0 fully saturated rings. The quantitative estimate of drug-likeness (QED) is 0.587. The van der Waals surface area contributed by atoms with E-state index < -0.39 is 10.8 Å². The van der Waals surface area contributed by atoms with E-state index in [0.717, 1.165) is 16.9 Å². The number of nitrogens with zero attached hydrogens (tertiary/aromatic N) is 2. The van der Waals surface area contributed by atoms with E-state index in [9.17, 15) is 9.32 Å². The van der Waals surface area contributed by atoms with Crippen LogP contribution in [0, 0.1) is 13.8 Å². The molecule has 2 N–H and O–H groups in total. The number of aryl methyl sites for hydroxylation is 1. The molecule has 0 radical (unpaired) electrons. The number of hydrogen-bond donors (Lipinski definition) is 2. The number of imidazole rings is 1. The van der Waals surface area contributed by atoms with E-state index in [-0.39, 0.29) is 47.6 Å². The topological polar surface area (TPSA) is 97.3 Å². The number of benzene rings is 1. The zero-order valence-corrected chi connectivity index (χ0v) is 18.2. The van der Waals surface area contributed by atoms with E-state index in [1.807, 2.05) is 13.8 Å². The maximum atomic E-state index is 12.7. The number of pyridine rings is 1. The second-order valence-corrected chi connectivity index (χ2v) is 6.96. The first-order chi connectivity index (χ1) is 12.0. The Morgan fingerprint density at radius 1 is 1.27 bits per heavy atom. The van der Waals surface area contributed by atoms with E-state index >= 15 is 0 Å². The molecule has 0 spiro atoms. The van der Waals surface area contributed by atoms with Crippen LogP contribution in [-0.2, 0) is 16.6 Å². The number of hydrogen-bond acceptors (Lipinski definition) is 6. The van der Waals surface area contributed by atoms with Crippen LogP contribution in [0.3, 0.4) is 0 Å². The number of methoxy groups -OCH3 is 2. The fourth-order valence-corrected chi connectivity index (χ4v) is 3.79. The first-order valence-electron chi connectivity index (χ1n) is 7.59. The summed E-state index contributed by atoms with van der Waals surface area (Å²) in [7, 11) is 1.62. The van der Waals surface area contributed by atoms with Crippen molar-refractivity contribution in [2.24, 2.45) is 0 Å². The molecule has 0 aliphatic heterocycles. The normalized spacial score (nSPS) is 11.8. The predicted molar refractivity (Wildman–Crippen MR) is 95.8 cm³/mol. The third-order valence-electron chi connectivity index (χ3n) is 4.02. The molecule has 134 valence electrons. The summed E-state index contributed by atoms with van der Waals surface area (Å²) in [5, 5.41) is 10.4. The molecule has 26 heavy (non-hydrogen) atoms. The summed E-state index contributed by atoms with van der Waals surface area (Å²) >= 11 is 0. The largest absolute Gasteiger partial charge is 1.00 e. The van der Waals surface area contributed by atoms with Crippen molar-refractivity contribution in [2.75, 3.05) is 14.2 Å². The van der Waals surface area contributed by atoms with Crippen LogP contribution in [0.2, 0.25) is 0 Å². The number of aromatic hydroxyl groups is 1. The smallest absolute Gasteiger partial charge is 1.00 e. The molecule has 2 heterocycles. The second kappa shape index (κ2) is 8.39. The molecule has 7 nitrogen and oxygen atoms in total. The van der Waals surface area contributed by atoms with Crippen molar-refractivity contribution >= 4 is 21.8 Å². The second-order valence-electron chi connectivity index (χ2n) is 5.59. The van der Waals surface area contributed by atoms with Crippen LogP contribution < -0.4 is 39.0 Å². The van der Waals surface area contributed by atoms with Crippen LogP contribution in [0.5, 0.6) is 17.2 Å². The Kier molecular flexibility index (Phi) is 6.68. The van der Waals surface area contributed by atoms with Gasteiger partial charge in [0.15, 0.2) is 16.7 Å². The molecule has 1 atom stereocenters. The van der Waals surface area contributed by atoms with Gasteiger partial charge in [0.05, 0.1) is 42.0 Å². The van der Waals surface area contributed by atoms with Crippen molar-refractivity contribution in [2.45, 2.75) is 24.8 Å². The summed E-state index contributed by atoms with van der Waals surface area (Å²) in [6, 6.07) is 3.35.